The van der Waals surface area contributed by atoms with E-state index in [9.17, 15) is 19.5 Å². The molecular formula is C27H40N2O6. The highest BCUT2D eigenvalue weighted by molar-refractivity contribution is 5.99. The third-order valence-electron chi connectivity index (χ3n) is 8.95. The van der Waals surface area contributed by atoms with Gasteiger partial charge in [0.05, 0.1) is 24.2 Å². The van der Waals surface area contributed by atoms with Crippen molar-refractivity contribution in [1.82, 2.24) is 9.80 Å². The number of hydrogen-bond acceptors (Lipinski definition) is 6. The summed E-state index contributed by atoms with van der Waals surface area (Å²) in [6.07, 6.45) is 8.81. The third-order valence-corrected chi connectivity index (χ3v) is 8.95. The fraction of sp³-hybridized carbons (Fsp3) is 0.741. The van der Waals surface area contributed by atoms with Gasteiger partial charge < -0.3 is 24.4 Å². The number of nitrogens with zero attached hydrogens (tertiary/aromatic N) is 2. The summed E-state index contributed by atoms with van der Waals surface area (Å²) in [5.74, 6) is -2.71. The van der Waals surface area contributed by atoms with Gasteiger partial charge in [-0.05, 0) is 39.0 Å². The first-order valence-corrected chi connectivity index (χ1v) is 13.0. The summed E-state index contributed by atoms with van der Waals surface area (Å²) in [6, 6.07) is -1.43. The molecule has 1 N–H and O–H groups in total. The minimum absolute atomic E-state index is 0.0433. The monoisotopic (exact) mass is 488 g/mol. The lowest BCUT2D eigenvalue weighted by molar-refractivity contribution is -0.163. The number of likely N-dealkylation sites (tertiary alicyclic amines) is 1. The van der Waals surface area contributed by atoms with Gasteiger partial charge >= 0.3 is 5.97 Å². The number of ether oxygens (including phenoxy) is 2. The summed E-state index contributed by atoms with van der Waals surface area (Å²) < 4.78 is 12.1. The Hall–Kier alpha value is -2.19. The molecule has 8 nitrogen and oxygen atoms in total. The molecule has 3 unspecified atom stereocenters. The van der Waals surface area contributed by atoms with Gasteiger partial charge in [0, 0.05) is 12.6 Å². The first-order chi connectivity index (χ1) is 16.7. The van der Waals surface area contributed by atoms with Gasteiger partial charge in [0.1, 0.15) is 24.2 Å². The molecule has 4 aliphatic rings. The SMILES string of the molecule is C=CCOC(=O)[C@@H]1[C@H]2C(=O)N([C@H](C)CO)C(C(=O)N(CC=C)C3CCCCC3)C23CC(C)[C@@]1(C)O3. The van der Waals surface area contributed by atoms with Crippen molar-refractivity contribution < 1.29 is 29.0 Å². The Morgan fingerprint density at radius 3 is 2.57 bits per heavy atom. The van der Waals surface area contributed by atoms with Gasteiger partial charge in [-0.2, -0.15) is 0 Å². The van der Waals surface area contributed by atoms with Crippen molar-refractivity contribution >= 4 is 17.8 Å². The molecule has 7 atom stereocenters. The van der Waals surface area contributed by atoms with Crippen LogP contribution in [0.25, 0.3) is 0 Å². The minimum atomic E-state index is -1.14. The Kier molecular flexibility index (Phi) is 7.17. The minimum Gasteiger partial charge on any atom is -0.461 e. The third kappa shape index (κ3) is 3.84. The predicted molar refractivity (Wildman–Crippen MR) is 130 cm³/mol. The number of rotatable bonds is 9. The number of aliphatic hydroxyl groups is 1. The van der Waals surface area contributed by atoms with Crippen LogP contribution in [0.5, 0.6) is 0 Å². The van der Waals surface area contributed by atoms with E-state index in [0.717, 1.165) is 32.1 Å². The van der Waals surface area contributed by atoms with E-state index in [0.29, 0.717) is 13.0 Å². The Morgan fingerprint density at radius 1 is 1.29 bits per heavy atom. The number of esters is 1. The number of aliphatic hydroxyl groups excluding tert-OH is 1. The van der Waals surface area contributed by atoms with Crippen LogP contribution in [0, 0.1) is 17.8 Å². The number of hydrogen-bond donors (Lipinski definition) is 1. The molecule has 0 aromatic rings. The Morgan fingerprint density at radius 2 is 1.97 bits per heavy atom. The van der Waals surface area contributed by atoms with Crippen molar-refractivity contribution in [3.05, 3.63) is 25.3 Å². The average Bonchev–Trinajstić information content (AvgIpc) is 3.37. The lowest BCUT2D eigenvalue weighted by Gasteiger charge is -2.42. The molecule has 2 amide bonds. The Balaban J connectivity index is 1.79. The average molecular weight is 489 g/mol. The molecule has 8 heteroatoms. The molecule has 1 saturated carbocycles. The maximum atomic E-state index is 14.4. The van der Waals surface area contributed by atoms with E-state index in [1.165, 1.54) is 11.0 Å². The summed E-state index contributed by atoms with van der Waals surface area (Å²) in [5.41, 5.74) is -2.06. The molecule has 3 heterocycles. The first kappa shape index (κ1) is 25.9. The van der Waals surface area contributed by atoms with E-state index in [4.69, 9.17) is 9.47 Å². The second-order valence-corrected chi connectivity index (χ2v) is 11.0. The molecular weight excluding hydrogens is 448 g/mol. The first-order valence-electron chi connectivity index (χ1n) is 13.0. The highest BCUT2D eigenvalue weighted by Gasteiger charge is 2.80. The van der Waals surface area contributed by atoms with Crippen LogP contribution in [-0.4, -0.2) is 81.8 Å². The lowest BCUT2D eigenvalue weighted by Crippen LogP contribution is -2.60. The van der Waals surface area contributed by atoms with Crippen molar-refractivity contribution in [2.75, 3.05) is 19.8 Å². The van der Waals surface area contributed by atoms with Crippen molar-refractivity contribution in [1.29, 1.82) is 0 Å². The van der Waals surface area contributed by atoms with Gasteiger partial charge in [-0.15, -0.1) is 6.58 Å². The zero-order chi connectivity index (χ0) is 25.5. The second kappa shape index (κ2) is 9.69. The molecule has 3 aliphatic heterocycles. The maximum Gasteiger partial charge on any atom is 0.313 e. The second-order valence-electron chi connectivity index (χ2n) is 11.0. The summed E-state index contributed by atoms with van der Waals surface area (Å²) in [4.78, 5) is 45.0. The molecule has 0 radical (unpaired) electrons. The van der Waals surface area contributed by atoms with E-state index >= 15 is 0 Å². The van der Waals surface area contributed by atoms with E-state index in [-0.39, 0.29) is 37.0 Å². The van der Waals surface area contributed by atoms with Crippen LogP contribution in [0.2, 0.25) is 0 Å². The fourth-order valence-electron chi connectivity index (χ4n) is 7.22. The van der Waals surface area contributed by atoms with E-state index in [1.54, 1.807) is 13.0 Å². The molecule has 3 saturated heterocycles. The van der Waals surface area contributed by atoms with Crippen LogP contribution in [0.15, 0.2) is 25.3 Å². The number of carbonyl (C=O) groups is 3. The normalized spacial score (nSPS) is 37.1. The van der Waals surface area contributed by atoms with Gasteiger partial charge in [0.25, 0.3) is 0 Å². The van der Waals surface area contributed by atoms with Gasteiger partial charge in [-0.3, -0.25) is 14.4 Å². The molecule has 1 aliphatic carbocycles. The van der Waals surface area contributed by atoms with Crippen LogP contribution in [0.4, 0.5) is 0 Å². The van der Waals surface area contributed by atoms with Crippen LogP contribution in [0.3, 0.4) is 0 Å². The molecule has 0 aromatic carbocycles. The molecule has 35 heavy (non-hydrogen) atoms. The zero-order valence-corrected chi connectivity index (χ0v) is 21.3. The van der Waals surface area contributed by atoms with Gasteiger partial charge in [-0.1, -0.05) is 44.9 Å². The van der Waals surface area contributed by atoms with Gasteiger partial charge in [-0.25, -0.2) is 0 Å². The topological polar surface area (TPSA) is 96.4 Å². The van der Waals surface area contributed by atoms with E-state index < -0.39 is 41.1 Å². The van der Waals surface area contributed by atoms with Crippen LogP contribution < -0.4 is 0 Å². The van der Waals surface area contributed by atoms with Crippen molar-refractivity contribution in [2.24, 2.45) is 17.8 Å². The van der Waals surface area contributed by atoms with Crippen LogP contribution in [0.1, 0.15) is 59.3 Å². The molecule has 4 fully saturated rings. The van der Waals surface area contributed by atoms with Crippen LogP contribution >= 0.6 is 0 Å². The largest absolute Gasteiger partial charge is 0.461 e. The Labute approximate surface area is 208 Å². The predicted octanol–water partition coefficient (Wildman–Crippen LogP) is 2.45. The maximum absolute atomic E-state index is 14.4. The molecule has 1 spiro atoms. The standard InChI is InChI=1S/C27H40N2O6/c1-6-13-28(19-11-9-8-10-12-19)24(32)22-27-15-17(3)26(5,35-27)21(25(33)34-14-7-2)20(27)23(31)29(22)18(4)16-30/h6-7,17-22,30H,1-2,8-16H2,3-5H3/t17?,18-,20+,21+,22?,26-,27?/m1/s1. The summed E-state index contributed by atoms with van der Waals surface area (Å²) in [7, 11) is 0. The Bertz CT molecular complexity index is 885. The fourth-order valence-corrected chi connectivity index (χ4v) is 7.22. The van der Waals surface area contributed by atoms with Gasteiger partial charge in [0.2, 0.25) is 11.8 Å². The highest BCUT2D eigenvalue weighted by Crippen LogP contribution is 2.65. The smallest absolute Gasteiger partial charge is 0.313 e. The summed E-state index contributed by atoms with van der Waals surface area (Å²) in [5, 5.41) is 10.0. The molecule has 0 aromatic heterocycles. The van der Waals surface area contributed by atoms with E-state index in [2.05, 4.69) is 13.2 Å². The highest BCUT2D eigenvalue weighted by atomic mass is 16.6. The van der Waals surface area contributed by atoms with Crippen molar-refractivity contribution in [2.45, 2.75) is 88.6 Å². The van der Waals surface area contributed by atoms with Crippen molar-refractivity contribution in [3.63, 3.8) is 0 Å². The molecule has 2 bridgehead atoms. The number of amides is 2. The van der Waals surface area contributed by atoms with Crippen LogP contribution in [-0.2, 0) is 23.9 Å². The van der Waals surface area contributed by atoms with Crippen molar-refractivity contribution in [3.8, 4) is 0 Å². The molecule has 194 valence electrons. The number of carbonyl (C=O) groups excluding carboxylic acids is 3. The number of fused-ring (bicyclic) bond motifs is 1. The zero-order valence-electron chi connectivity index (χ0n) is 21.3. The molecule has 4 rings (SSSR count). The quantitative estimate of drug-likeness (QED) is 0.396. The summed E-state index contributed by atoms with van der Waals surface area (Å²) >= 11 is 0. The summed E-state index contributed by atoms with van der Waals surface area (Å²) in [6.45, 7) is 13.2. The lowest BCUT2D eigenvalue weighted by atomic mass is 9.62. The van der Waals surface area contributed by atoms with E-state index in [1.807, 2.05) is 18.7 Å². The van der Waals surface area contributed by atoms with Gasteiger partial charge in [0.15, 0.2) is 0 Å².